The Bertz CT molecular complexity index is 1220. The summed E-state index contributed by atoms with van der Waals surface area (Å²) in [5, 5.41) is 54.3. The summed E-state index contributed by atoms with van der Waals surface area (Å²) in [6, 6.07) is -0.790. The van der Waals surface area contributed by atoms with Crippen molar-refractivity contribution in [2.45, 2.75) is 146 Å². The molecular weight excluding hydrogens is 670 g/mol. The molecule has 15 heteroatoms. The van der Waals surface area contributed by atoms with Crippen molar-refractivity contribution in [3.05, 3.63) is 24.3 Å². The fourth-order valence-electron chi connectivity index (χ4n) is 7.10. The molecule has 0 saturated carbocycles. The van der Waals surface area contributed by atoms with E-state index < -0.39 is 116 Å². The highest BCUT2D eigenvalue weighted by Crippen LogP contribution is 2.36. The van der Waals surface area contributed by atoms with Gasteiger partial charge in [0.25, 0.3) is 0 Å². The predicted molar refractivity (Wildman–Crippen MR) is 182 cm³/mol. The van der Waals surface area contributed by atoms with Crippen LogP contribution >= 0.6 is 0 Å². The maximum atomic E-state index is 13.1. The Morgan fingerprint density at radius 1 is 0.961 bits per heavy atom. The summed E-state index contributed by atoms with van der Waals surface area (Å²) >= 11 is 0. The lowest BCUT2D eigenvalue weighted by Crippen LogP contribution is -2.65. The smallest absolute Gasteiger partial charge is 0.308 e. The predicted octanol–water partition coefficient (Wildman–Crippen LogP) is 1.19. The molecular formula is C36H59NO14. The van der Waals surface area contributed by atoms with E-state index in [0.29, 0.717) is 0 Å². The summed E-state index contributed by atoms with van der Waals surface area (Å²) in [5.74, 6) is -4.01. The standard InChI is InChI=1S/C36H59NO14/c1-18-12-10-11-13-24(38)19(2)14-23(15-26(40)41)32(33(46-9)25(39)16-27(42)47-20(18)3)51-35-30(43)29(37(7)8)31(21(4)49-35)50-28-17-36(6,45)34(44)22(5)48-28/h10-13,18-23,25,28-35,39,43-45H,14-17H2,1-9H3,(H,40,41)/t18-,19+,20+,21+,22?,23+,25+,28-,29?,30?,31?,32-,33-,34-,35-,36?/m0/s1. The molecule has 0 radical (unpaired) electrons. The number of ether oxygens (including phenoxy) is 6. The second kappa shape index (κ2) is 18.6. The summed E-state index contributed by atoms with van der Waals surface area (Å²) in [4.78, 5) is 40.1. The number of rotatable bonds is 8. The number of likely N-dealkylation sites (N-methyl/N-ethyl adjacent to an activating group) is 1. The Morgan fingerprint density at radius 3 is 2.22 bits per heavy atom. The third kappa shape index (κ3) is 11.3. The summed E-state index contributed by atoms with van der Waals surface area (Å²) in [7, 11) is 4.71. The molecule has 15 nitrogen and oxygen atoms in total. The largest absolute Gasteiger partial charge is 0.481 e. The number of allylic oxidation sites excluding steroid dienone is 3. The number of hydrogen-bond acceptors (Lipinski definition) is 14. The van der Waals surface area contributed by atoms with Crippen LogP contribution in [0, 0.1) is 17.8 Å². The highest BCUT2D eigenvalue weighted by Gasteiger charge is 2.52. The first kappa shape index (κ1) is 43.1. The van der Waals surface area contributed by atoms with Gasteiger partial charge in [0, 0.05) is 25.4 Å². The molecule has 51 heavy (non-hydrogen) atoms. The number of cyclic esters (lactones) is 1. The Kier molecular flexibility index (Phi) is 15.7. The lowest BCUT2D eigenvalue weighted by molar-refractivity contribution is -0.344. The van der Waals surface area contributed by atoms with Gasteiger partial charge in [0.2, 0.25) is 0 Å². The second-order valence-corrected chi connectivity index (χ2v) is 14.8. The molecule has 0 aromatic heterocycles. The first-order chi connectivity index (χ1) is 23.8. The number of carboxylic acids is 1. The number of carbonyl (C=O) groups is 3. The quantitative estimate of drug-likeness (QED) is 0.222. The number of carboxylic acid groups (broad SMARTS) is 1. The number of nitrogens with zero attached hydrogens (tertiary/aromatic N) is 1. The second-order valence-electron chi connectivity index (χ2n) is 14.8. The zero-order chi connectivity index (χ0) is 38.4. The van der Waals surface area contributed by atoms with Gasteiger partial charge >= 0.3 is 11.9 Å². The van der Waals surface area contributed by atoms with Gasteiger partial charge in [-0.05, 0) is 60.2 Å². The molecule has 5 N–H and O–H groups in total. The zero-order valence-corrected chi connectivity index (χ0v) is 31.2. The minimum Gasteiger partial charge on any atom is -0.481 e. The number of hydrogen-bond donors (Lipinski definition) is 5. The maximum Gasteiger partial charge on any atom is 0.308 e. The summed E-state index contributed by atoms with van der Waals surface area (Å²) in [5.41, 5.74) is -1.49. The van der Waals surface area contributed by atoms with Gasteiger partial charge in [-0.15, -0.1) is 0 Å². The van der Waals surface area contributed by atoms with Crippen LogP contribution in [-0.2, 0) is 42.8 Å². The molecule has 292 valence electrons. The van der Waals surface area contributed by atoms with E-state index >= 15 is 0 Å². The topological polar surface area (TPSA) is 211 Å². The molecule has 2 fully saturated rings. The van der Waals surface area contributed by atoms with Crippen LogP contribution in [0.1, 0.15) is 67.2 Å². The van der Waals surface area contributed by atoms with E-state index in [2.05, 4.69) is 0 Å². The first-order valence-electron chi connectivity index (χ1n) is 17.6. The third-order valence-corrected chi connectivity index (χ3v) is 10.2. The van der Waals surface area contributed by atoms with Crippen LogP contribution in [0.5, 0.6) is 0 Å². The minimum atomic E-state index is -1.53. The van der Waals surface area contributed by atoms with Crippen molar-refractivity contribution in [2.75, 3.05) is 21.2 Å². The first-order valence-corrected chi connectivity index (χ1v) is 17.6. The molecule has 0 aromatic carbocycles. The lowest BCUT2D eigenvalue weighted by Gasteiger charge is -2.50. The number of aliphatic hydroxyl groups excluding tert-OH is 3. The van der Waals surface area contributed by atoms with Crippen molar-refractivity contribution in [1.29, 1.82) is 0 Å². The number of esters is 1. The van der Waals surface area contributed by atoms with Gasteiger partial charge in [-0.25, -0.2) is 0 Å². The minimum absolute atomic E-state index is 0.00147. The molecule has 0 amide bonds. The van der Waals surface area contributed by atoms with Crippen LogP contribution in [0.4, 0.5) is 0 Å². The maximum absolute atomic E-state index is 13.1. The van der Waals surface area contributed by atoms with Crippen LogP contribution in [0.2, 0.25) is 0 Å². The van der Waals surface area contributed by atoms with E-state index in [0.717, 1.165) is 0 Å². The van der Waals surface area contributed by atoms with Gasteiger partial charge < -0.3 is 58.9 Å². The number of methoxy groups -OCH3 is 1. The van der Waals surface area contributed by atoms with Crippen molar-refractivity contribution < 1.29 is 68.3 Å². The van der Waals surface area contributed by atoms with Crippen LogP contribution in [0.3, 0.4) is 0 Å². The molecule has 3 rings (SSSR count). The van der Waals surface area contributed by atoms with Crippen molar-refractivity contribution in [3.63, 3.8) is 0 Å². The van der Waals surface area contributed by atoms with Crippen LogP contribution in [-0.4, -0.2) is 149 Å². The Labute approximate surface area is 300 Å². The molecule has 0 spiro atoms. The van der Waals surface area contributed by atoms with Crippen LogP contribution in [0.25, 0.3) is 0 Å². The zero-order valence-electron chi connectivity index (χ0n) is 31.2. The fourth-order valence-corrected chi connectivity index (χ4v) is 7.10. The highest BCUT2D eigenvalue weighted by atomic mass is 16.7. The highest BCUT2D eigenvalue weighted by molar-refractivity contribution is 5.91. The Balaban J connectivity index is 1.99. The van der Waals surface area contributed by atoms with Gasteiger partial charge in [0.05, 0.1) is 48.9 Å². The van der Waals surface area contributed by atoms with Gasteiger partial charge in [-0.3, -0.25) is 14.4 Å². The lowest BCUT2D eigenvalue weighted by atomic mass is 9.82. The normalized spacial score (nSPS) is 43.6. The van der Waals surface area contributed by atoms with Crippen molar-refractivity contribution >= 4 is 17.7 Å². The average Bonchev–Trinajstić information content (AvgIpc) is 3.02. The van der Waals surface area contributed by atoms with E-state index in [1.54, 1.807) is 64.9 Å². The molecule has 16 atom stereocenters. The van der Waals surface area contributed by atoms with Crippen molar-refractivity contribution in [2.24, 2.45) is 17.8 Å². The van der Waals surface area contributed by atoms with E-state index in [1.807, 2.05) is 6.92 Å². The molecule has 0 aliphatic carbocycles. The number of aliphatic carboxylic acids is 1. The number of ketones is 1. The summed E-state index contributed by atoms with van der Waals surface area (Å²) in [6.45, 7) is 10.0. The number of carbonyl (C=O) groups excluding carboxylic acids is 2. The van der Waals surface area contributed by atoms with E-state index in [-0.39, 0.29) is 24.5 Å². The van der Waals surface area contributed by atoms with Crippen molar-refractivity contribution in [1.82, 2.24) is 4.90 Å². The Hall–Kier alpha value is -2.31. The molecule has 3 aliphatic rings. The number of aliphatic hydroxyl groups is 4. The van der Waals surface area contributed by atoms with E-state index in [9.17, 15) is 39.9 Å². The van der Waals surface area contributed by atoms with Gasteiger partial charge in [0.15, 0.2) is 18.4 Å². The monoisotopic (exact) mass is 729 g/mol. The van der Waals surface area contributed by atoms with Crippen LogP contribution < -0.4 is 0 Å². The third-order valence-electron chi connectivity index (χ3n) is 10.2. The van der Waals surface area contributed by atoms with E-state index in [4.69, 9.17) is 28.4 Å². The van der Waals surface area contributed by atoms with Gasteiger partial charge in [-0.1, -0.05) is 32.1 Å². The SMILES string of the molecule is CO[C@@H]1[C@@H](O[C@@H]2O[C@H](C)C(O[C@H]3CC(C)(O)[C@@H](O)C(C)O3)C(N(C)C)C2O)[C@@H](CC(=O)O)C[C@@H](C)C(=O)C=CC=C[C@H](C)[C@@H](C)OC(=O)C[C@H]1O. The van der Waals surface area contributed by atoms with Gasteiger partial charge in [-0.2, -0.15) is 0 Å². The Morgan fingerprint density at radius 2 is 1.63 bits per heavy atom. The molecule has 3 heterocycles. The molecule has 3 aliphatic heterocycles. The average molecular weight is 730 g/mol. The molecule has 0 bridgehead atoms. The fraction of sp³-hybridized carbons (Fsp3) is 0.806. The molecule has 2 saturated heterocycles. The van der Waals surface area contributed by atoms with Crippen molar-refractivity contribution in [3.8, 4) is 0 Å². The summed E-state index contributed by atoms with van der Waals surface area (Å²) in [6.07, 6.45) is -6.60. The van der Waals surface area contributed by atoms with E-state index in [1.165, 1.54) is 20.1 Å². The molecule has 5 unspecified atom stereocenters. The van der Waals surface area contributed by atoms with Gasteiger partial charge in [0.1, 0.15) is 30.5 Å². The van der Waals surface area contributed by atoms with Crippen LogP contribution in [0.15, 0.2) is 24.3 Å². The summed E-state index contributed by atoms with van der Waals surface area (Å²) < 4.78 is 36.0. The molecule has 0 aromatic rings.